The molecule has 1 N–H and O–H groups in total. The summed E-state index contributed by atoms with van der Waals surface area (Å²) < 4.78 is 11.0. The fraction of sp³-hybridized carbons (Fsp3) is 0.714. The number of carbonyl (C=O) groups excluding carboxylic acids is 2. The van der Waals surface area contributed by atoms with Gasteiger partial charge in [0, 0.05) is 24.0 Å². The van der Waals surface area contributed by atoms with Gasteiger partial charge >= 0.3 is 11.9 Å². The summed E-state index contributed by atoms with van der Waals surface area (Å²) in [4.78, 5) is 24.0. The number of esters is 2. The standard InChI is InChI=1S/C21H30O5/c1-14(2)16(22)25-7-6-15(3)17(23)26-21-11-18(4)8-19(5,12-21)10-20(24,9-18)13-21/h24H,1,3,6-13H2,2,4-5H3. The number of rotatable bonds is 6. The summed E-state index contributed by atoms with van der Waals surface area (Å²) in [6, 6.07) is 0. The van der Waals surface area contributed by atoms with Crippen molar-refractivity contribution in [2.45, 2.75) is 76.9 Å². The van der Waals surface area contributed by atoms with Crippen LogP contribution in [0.15, 0.2) is 24.3 Å². The average molecular weight is 362 g/mol. The van der Waals surface area contributed by atoms with E-state index in [0.717, 1.165) is 32.1 Å². The molecule has 2 unspecified atom stereocenters. The monoisotopic (exact) mass is 362 g/mol. The van der Waals surface area contributed by atoms with E-state index < -0.39 is 23.1 Å². The van der Waals surface area contributed by atoms with Crippen LogP contribution in [-0.2, 0) is 19.1 Å². The quantitative estimate of drug-likeness (QED) is 0.579. The molecule has 0 spiro atoms. The highest BCUT2D eigenvalue weighted by Crippen LogP contribution is 2.68. The first-order valence-electron chi connectivity index (χ1n) is 9.34. The van der Waals surface area contributed by atoms with E-state index >= 15 is 0 Å². The molecule has 0 saturated heterocycles. The van der Waals surface area contributed by atoms with Gasteiger partial charge in [0.25, 0.3) is 0 Å². The van der Waals surface area contributed by atoms with E-state index in [1.54, 1.807) is 6.92 Å². The van der Waals surface area contributed by atoms with Crippen molar-refractivity contribution in [3.8, 4) is 0 Å². The Morgan fingerprint density at radius 3 is 2.04 bits per heavy atom. The maximum absolute atomic E-state index is 12.6. The van der Waals surface area contributed by atoms with Gasteiger partial charge in [-0.25, -0.2) is 9.59 Å². The summed E-state index contributed by atoms with van der Waals surface area (Å²) in [5.74, 6) is -0.926. The highest BCUT2D eigenvalue weighted by molar-refractivity contribution is 5.88. The van der Waals surface area contributed by atoms with Gasteiger partial charge in [-0.3, -0.25) is 0 Å². The molecule has 0 radical (unpaired) electrons. The molecule has 5 heteroatoms. The van der Waals surface area contributed by atoms with Gasteiger partial charge in [-0.1, -0.05) is 27.0 Å². The van der Waals surface area contributed by atoms with E-state index in [-0.39, 0.29) is 29.4 Å². The summed E-state index contributed by atoms with van der Waals surface area (Å²) >= 11 is 0. The van der Waals surface area contributed by atoms with Crippen LogP contribution in [0.3, 0.4) is 0 Å². The van der Waals surface area contributed by atoms with Gasteiger partial charge in [0.05, 0.1) is 12.2 Å². The molecule has 0 aliphatic heterocycles. The Hall–Kier alpha value is -1.62. The Kier molecular flexibility index (Phi) is 4.38. The zero-order valence-corrected chi connectivity index (χ0v) is 16.2. The third-order valence-corrected chi connectivity index (χ3v) is 6.10. The third-order valence-electron chi connectivity index (χ3n) is 6.10. The molecule has 26 heavy (non-hydrogen) atoms. The topological polar surface area (TPSA) is 72.8 Å². The Labute approximate surface area is 155 Å². The van der Waals surface area contributed by atoms with Crippen molar-refractivity contribution in [3.63, 3.8) is 0 Å². The molecule has 2 atom stereocenters. The minimum absolute atomic E-state index is 0.0108. The van der Waals surface area contributed by atoms with Gasteiger partial charge < -0.3 is 14.6 Å². The largest absolute Gasteiger partial charge is 0.462 e. The Bertz CT molecular complexity index is 622. The number of ether oxygens (including phenoxy) is 2. The highest BCUT2D eigenvalue weighted by atomic mass is 16.6. The van der Waals surface area contributed by atoms with Crippen molar-refractivity contribution in [2.75, 3.05) is 6.61 Å². The second-order valence-corrected chi connectivity index (χ2v) is 9.75. The van der Waals surface area contributed by atoms with E-state index in [0.29, 0.717) is 12.0 Å². The molecule has 0 amide bonds. The molecule has 4 fully saturated rings. The molecular formula is C21H30O5. The molecule has 4 saturated carbocycles. The minimum Gasteiger partial charge on any atom is -0.462 e. The summed E-state index contributed by atoms with van der Waals surface area (Å²) in [5.41, 5.74) is -0.717. The number of hydrogen-bond acceptors (Lipinski definition) is 5. The molecule has 4 bridgehead atoms. The van der Waals surface area contributed by atoms with Crippen LogP contribution < -0.4 is 0 Å². The third kappa shape index (κ3) is 3.59. The van der Waals surface area contributed by atoms with Crippen LogP contribution in [0.4, 0.5) is 0 Å². The van der Waals surface area contributed by atoms with Gasteiger partial charge in [-0.05, 0) is 49.9 Å². The summed E-state index contributed by atoms with van der Waals surface area (Å²) in [7, 11) is 0. The van der Waals surface area contributed by atoms with E-state index in [2.05, 4.69) is 27.0 Å². The maximum Gasteiger partial charge on any atom is 0.334 e. The summed E-state index contributed by atoms with van der Waals surface area (Å²) in [5, 5.41) is 11.0. The highest BCUT2D eigenvalue weighted by Gasteiger charge is 2.66. The molecule has 144 valence electrons. The molecule has 4 aliphatic rings. The average Bonchev–Trinajstić information content (AvgIpc) is 2.40. The molecule has 0 aromatic carbocycles. The van der Waals surface area contributed by atoms with Gasteiger partial charge in [0.2, 0.25) is 0 Å². The first-order valence-corrected chi connectivity index (χ1v) is 9.34. The lowest BCUT2D eigenvalue weighted by atomic mass is 9.42. The van der Waals surface area contributed by atoms with E-state index in [1.165, 1.54) is 0 Å². The first kappa shape index (κ1) is 19.2. The second kappa shape index (κ2) is 5.95. The van der Waals surface area contributed by atoms with Gasteiger partial charge in [0.1, 0.15) is 5.60 Å². The van der Waals surface area contributed by atoms with Crippen molar-refractivity contribution in [2.24, 2.45) is 10.8 Å². The molecule has 0 aromatic heterocycles. The fourth-order valence-electron chi connectivity index (χ4n) is 6.39. The maximum atomic E-state index is 12.6. The van der Waals surface area contributed by atoms with Crippen LogP contribution >= 0.6 is 0 Å². The molecule has 5 nitrogen and oxygen atoms in total. The predicted octanol–water partition coefficient (Wildman–Crippen LogP) is 3.46. The van der Waals surface area contributed by atoms with Crippen LogP contribution in [0, 0.1) is 10.8 Å². The van der Waals surface area contributed by atoms with Gasteiger partial charge in [-0.2, -0.15) is 0 Å². The SMILES string of the molecule is C=C(C)C(=O)OCCC(=C)C(=O)OC12CC3(C)CC(C)(CC(O)(C3)C1)C2. The van der Waals surface area contributed by atoms with Crippen LogP contribution in [0.5, 0.6) is 0 Å². The summed E-state index contributed by atoms with van der Waals surface area (Å²) in [6.45, 7) is 13.4. The molecular weight excluding hydrogens is 332 g/mol. The number of hydrogen-bond donors (Lipinski definition) is 1. The molecule has 4 rings (SSSR count). The lowest BCUT2D eigenvalue weighted by molar-refractivity contribution is -0.258. The summed E-state index contributed by atoms with van der Waals surface area (Å²) in [6.07, 6.45) is 4.96. The van der Waals surface area contributed by atoms with E-state index in [4.69, 9.17) is 9.47 Å². The molecule has 0 heterocycles. The van der Waals surface area contributed by atoms with E-state index in [1.807, 2.05) is 0 Å². The van der Waals surface area contributed by atoms with Crippen molar-refractivity contribution in [3.05, 3.63) is 24.3 Å². The second-order valence-electron chi connectivity index (χ2n) is 9.75. The zero-order valence-electron chi connectivity index (χ0n) is 16.2. The predicted molar refractivity (Wildman–Crippen MR) is 97.2 cm³/mol. The Balaban J connectivity index is 1.63. The normalized spacial score (nSPS) is 40.2. The van der Waals surface area contributed by atoms with E-state index in [9.17, 15) is 14.7 Å². The zero-order chi connectivity index (χ0) is 19.4. The number of carbonyl (C=O) groups is 2. The van der Waals surface area contributed by atoms with Crippen LogP contribution in [-0.4, -0.2) is 34.9 Å². The molecule has 4 aliphatic carbocycles. The molecule has 0 aromatic rings. The lowest BCUT2D eigenvalue weighted by Gasteiger charge is -2.67. The Morgan fingerprint density at radius 1 is 0.962 bits per heavy atom. The van der Waals surface area contributed by atoms with Gasteiger partial charge in [-0.15, -0.1) is 0 Å². The lowest BCUT2D eigenvalue weighted by Crippen LogP contribution is -2.66. The van der Waals surface area contributed by atoms with Crippen LogP contribution in [0.1, 0.15) is 65.7 Å². The number of aliphatic hydroxyl groups is 1. The van der Waals surface area contributed by atoms with Crippen LogP contribution in [0.25, 0.3) is 0 Å². The van der Waals surface area contributed by atoms with Crippen LogP contribution in [0.2, 0.25) is 0 Å². The van der Waals surface area contributed by atoms with Crippen molar-refractivity contribution in [1.29, 1.82) is 0 Å². The fourth-order valence-corrected chi connectivity index (χ4v) is 6.39. The van der Waals surface area contributed by atoms with Crippen molar-refractivity contribution >= 4 is 11.9 Å². The van der Waals surface area contributed by atoms with Gasteiger partial charge in [0.15, 0.2) is 0 Å². The van der Waals surface area contributed by atoms with Crippen molar-refractivity contribution in [1.82, 2.24) is 0 Å². The smallest absolute Gasteiger partial charge is 0.334 e. The Morgan fingerprint density at radius 2 is 1.54 bits per heavy atom. The minimum atomic E-state index is -0.739. The van der Waals surface area contributed by atoms with Crippen molar-refractivity contribution < 1.29 is 24.2 Å². The first-order chi connectivity index (χ1) is 11.9.